The van der Waals surface area contributed by atoms with Gasteiger partial charge in [-0.05, 0) is 76.0 Å². The summed E-state index contributed by atoms with van der Waals surface area (Å²) in [5.74, 6) is 1.16. The fraction of sp³-hybridized carbons (Fsp3) is 0.419. The molecule has 0 aliphatic carbocycles. The largest absolute Gasteiger partial charge is 0.495 e. The van der Waals surface area contributed by atoms with E-state index in [0.29, 0.717) is 42.3 Å². The molecule has 0 spiro atoms. The number of carbonyl (C=O) groups excluding carboxylic acids is 1. The number of aryl methyl sites for hydroxylation is 1. The number of hydrogen-bond donors (Lipinski definition) is 0. The number of pyridine rings is 2. The molecule has 1 aliphatic rings. The molecule has 0 fully saturated rings. The Kier molecular flexibility index (Phi) is 8.82. The second-order valence-corrected chi connectivity index (χ2v) is 9.90. The third-order valence-corrected chi connectivity index (χ3v) is 7.52. The van der Waals surface area contributed by atoms with E-state index in [9.17, 15) is 10.1 Å². The van der Waals surface area contributed by atoms with Crippen molar-refractivity contribution in [2.24, 2.45) is 0 Å². The third-order valence-electron chi connectivity index (χ3n) is 7.52. The molecular weight excluding hydrogens is 490 g/mol. The molecule has 0 N–H and O–H groups in total. The van der Waals surface area contributed by atoms with E-state index in [2.05, 4.69) is 47.0 Å². The number of benzene rings is 1. The molecule has 0 radical (unpaired) electrons. The molecule has 1 aromatic carbocycles. The number of likely N-dealkylation sites (N-methyl/N-ethyl adjacent to an activating group) is 1. The highest BCUT2D eigenvalue weighted by atomic mass is 16.5. The quantitative estimate of drug-likeness (QED) is 0.367. The van der Waals surface area contributed by atoms with E-state index in [0.717, 1.165) is 53.0 Å². The van der Waals surface area contributed by atoms with Gasteiger partial charge in [-0.15, -0.1) is 0 Å². The molecule has 8 nitrogen and oxygen atoms in total. The average molecular weight is 528 g/mol. The summed E-state index contributed by atoms with van der Waals surface area (Å²) in [7, 11) is 3.74. The molecule has 0 bridgehead atoms. The van der Waals surface area contributed by atoms with Gasteiger partial charge < -0.3 is 19.3 Å². The van der Waals surface area contributed by atoms with Crippen LogP contribution in [-0.4, -0.2) is 66.1 Å². The van der Waals surface area contributed by atoms with E-state index >= 15 is 0 Å². The van der Waals surface area contributed by atoms with Gasteiger partial charge in [0.2, 0.25) is 0 Å². The number of aromatic nitrogens is 2. The Labute approximate surface area is 231 Å². The number of nitriles is 1. The van der Waals surface area contributed by atoms with Gasteiger partial charge in [0.25, 0.3) is 5.91 Å². The Balaban J connectivity index is 1.76. The van der Waals surface area contributed by atoms with Crippen LogP contribution in [-0.2, 0) is 12.8 Å². The molecule has 1 amide bonds. The number of ether oxygens (including phenoxy) is 2. The third kappa shape index (κ3) is 5.89. The van der Waals surface area contributed by atoms with Crippen LogP contribution >= 0.6 is 0 Å². The van der Waals surface area contributed by atoms with E-state index in [1.165, 1.54) is 6.20 Å². The van der Waals surface area contributed by atoms with Crippen LogP contribution < -0.4 is 9.47 Å². The first kappa shape index (κ1) is 28.1. The summed E-state index contributed by atoms with van der Waals surface area (Å²) in [5.41, 5.74) is 6.89. The smallest absolute Gasteiger partial charge is 0.254 e. The highest BCUT2D eigenvalue weighted by Crippen LogP contribution is 2.37. The zero-order valence-electron chi connectivity index (χ0n) is 23.7. The van der Waals surface area contributed by atoms with E-state index in [1.54, 1.807) is 19.4 Å². The Bertz CT molecular complexity index is 1400. The molecule has 3 heterocycles. The summed E-state index contributed by atoms with van der Waals surface area (Å²) < 4.78 is 11.1. The number of carbonyl (C=O) groups is 1. The van der Waals surface area contributed by atoms with Crippen LogP contribution in [0.2, 0.25) is 0 Å². The van der Waals surface area contributed by atoms with Crippen LogP contribution in [0.5, 0.6) is 11.5 Å². The fourth-order valence-electron chi connectivity index (χ4n) is 5.01. The fourth-order valence-corrected chi connectivity index (χ4v) is 5.01. The number of amides is 1. The van der Waals surface area contributed by atoms with Gasteiger partial charge in [-0.1, -0.05) is 13.0 Å². The van der Waals surface area contributed by atoms with Crippen molar-refractivity contribution in [3.8, 4) is 28.7 Å². The van der Waals surface area contributed by atoms with Crippen molar-refractivity contribution in [3.05, 3.63) is 70.3 Å². The van der Waals surface area contributed by atoms with Gasteiger partial charge in [-0.2, -0.15) is 5.26 Å². The van der Waals surface area contributed by atoms with Crippen LogP contribution in [0.4, 0.5) is 0 Å². The molecule has 204 valence electrons. The van der Waals surface area contributed by atoms with E-state index in [-0.39, 0.29) is 11.9 Å². The van der Waals surface area contributed by atoms with E-state index in [4.69, 9.17) is 9.47 Å². The summed E-state index contributed by atoms with van der Waals surface area (Å²) >= 11 is 0. The highest BCUT2D eigenvalue weighted by molar-refractivity contribution is 5.99. The molecule has 39 heavy (non-hydrogen) atoms. The van der Waals surface area contributed by atoms with Gasteiger partial charge in [-0.25, -0.2) is 0 Å². The molecule has 4 rings (SSSR count). The minimum atomic E-state index is -0.281. The first-order valence-corrected chi connectivity index (χ1v) is 13.5. The summed E-state index contributed by atoms with van der Waals surface area (Å²) in [4.78, 5) is 27.3. The van der Waals surface area contributed by atoms with E-state index < -0.39 is 0 Å². The van der Waals surface area contributed by atoms with Crippen LogP contribution in [0.1, 0.15) is 65.2 Å². The van der Waals surface area contributed by atoms with Crippen LogP contribution in [0, 0.1) is 18.3 Å². The van der Waals surface area contributed by atoms with Gasteiger partial charge in [0.05, 0.1) is 31.6 Å². The topological polar surface area (TPSA) is 91.6 Å². The molecule has 1 aliphatic heterocycles. The first-order valence-electron chi connectivity index (χ1n) is 13.5. The number of methoxy groups -OCH3 is 1. The maximum atomic E-state index is 14.1. The normalized spacial score (nSPS) is 13.7. The SMILES string of the molecule is CCOc1cc(C(C)N2CCc3c(cc(CCN(C)CC)cc3-c3cc(OC)cnc3C)C2=O)ncc1C#N. The number of nitrogens with zero attached hydrogens (tertiary/aromatic N) is 5. The summed E-state index contributed by atoms with van der Waals surface area (Å²) in [6.45, 7) is 10.8. The van der Waals surface area contributed by atoms with Gasteiger partial charge in [0.1, 0.15) is 23.1 Å². The molecule has 2 aromatic heterocycles. The predicted octanol–water partition coefficient (Wildman–Crippen LogP) is 4.98. The van der Waals surface area contributed by atoms with Gasteiger partial charge >= 0.3 is 0 Å². The molecule has 0 saturated carbocycles. The standard InChI is InChI=1S/C31H37N5O3/c1-7-35(5)11-9-22-13-27(26-15-24(38-6)19-33-20(26)3)25-10-12-36(31(37)28(25)14-22)21(4)29-16-30(39-8-2)23(17-32)18-34-29/h13-16,18-19,21H,7-12H2,1-6H3. The minimum absolute atomic E-state index is 0.0201. The van der Waals surface area contributed by atoms with Gasteiger partial charge in [0.15, 0.2) is 0 Å². The average Bonchev–Trinajstić information content (AvgIpc) is 2.96. The van der Waals surface area contributed by atoms with Crippen LogP contribution in [0.3, 0.4) is 0 Å². The molecule has 1 unspecified atom stereocenters. The maximum absolute atomic E-state index is 14.1. The van der Waals surface area contributed by atoms with Crippen LogP contribution in [0.25, 0.3) is 11.1 Å². The second kappa shape index (κ2) is 12.3. The Morgan fingerprint density at radius 2 is 1.90 bits per heavy atom. The van der Waals surface area contributed by atoms with Crippen molar-refractivity contribution in [3.63, 3.8) is 0 Å². The van der Waals surface area contributed by atoms with Crippen molar-refractivity contribution in [1.29, 1.82) is 5.26 Å². The maximum Gasteiger partial charge on any atom is 0.254 e. The number of fused-ring (bicyclic) bond motifs is 1. The van der Waals surface area contributed by atoms with Gasteiger partial charge in [-0.3, -0.25) is 14.8 Å². The zero-order valence-corrected chi connectivity index (χ0v) is 23.7. The lowest BCUT2D eigenvalue weighted by atomic mass is 9.86. The lowest BCUT2D eigenvalue weighted by molar-refractivity contribution is 0.0669. The highest BCUT2D eigenvalue weighted by Gasteiger charge is 2.32. The van der Waals surface area contributed by atoms with Crippen molar-refractivity contribution in [2.45, 2.75) is 46.6 Å². The second-order valence-electron chi connectivity index (χ2n) is 9.90. The monoisotopic (exact) mass is 527 g/mol. The zero-order chi connectivity index (χ0) is 28.1. The van der Waals surface area contributed by atoms with Crippen molar-refractivity contribution < 1.29 is 14.3 Å². The molecule has 0 saturated heterocycles. The molecule has 1 atom stereocenters. The Morgan fingerprint density at radius 1 is 1.13 bits per heavy atom. The number of hydrogen-bond acceptors (Lipinski definition) is 7. The van der Waals surface area contributed by atoms with Crippen molar-refractivity contribution in [2.75, 3.05) is 40.4 Å². The minimum Gasteiger partial charge on any atom is -0.495 e. The Hall–Kier alpha value is -3.96. The number of rotatable bonds is 10. The van der Waals surface area contributed by atoms with E-state index in [1.807, 2.05) is 31.7 Å². The Morgan fingerprint density at radius 3 is 2.59 bits per heavy atom. The van der Waals surface area contributed by atoms with Crippen LogP contribution in [0.15, 0.2) is 36.7 Å². The lowest BCUT2D eigenvalue weighted by Gasteiger charge is -2.35. The van der Waals surface area contributed by atoms with Crippen molar-refractivity contribution in [1.82, 2.24) is 19.8 Å². The van der Waals surface area contributed by atoms with Crippen molar-refractivity contribution >= 4 is 5.91 Å². The molecule has 8 heteroatoms. The first-order chi connectivity index (χ1) is 18.8. The summed E-state index contributed by atoms with van der Waals surface area (Å²) in [6.07, 6.45) is 4.79. The summed E-state index contributed by atoms with van der Waals surface area (Å²) in [5, 5.41) is 9.42. The molecular formula is C31H37N5O3. The summed E-state index contributed by atoms with van der Waals surface area (Å²) in [6, 6.07) is 9.91. The predicted molar refractivity (Wildman–Crippen MR) is 151 cm³/mol. The molecule has 3 aromatic rings. The lowest BCUT2D eigenvalue weighted by Crippen LogP contribution is -2.40. The van der Waals surface area contributed by atoms with Gasteiger partial charge in [0, 0.05) is 42.2 Å².